The van der Waals surface area contributed by atoms with Crippen molar-refractivity contribution >= 4 is 5.91 Å². The molecule has 0 N–H and O–H groups in total. The zero-order valence-corrected chi connectivity index (χ0v) is 9.73. The molecule has 1 amide bonds. The van der Waals surface area contributed by atoms with Crippen molar-refractivity contribution in [2.24, 2.45) is 0 Å². The molecule has 0 saturated heterocycles. The molecule has 1 unspecified atom stereocenters. The van der Waals surface area contributed by atoms with E-state index in [4.69, 9.17) is 0 Å². The first-order valence-corrected chi connectivity index (χ1v) is 5.51. The molecule has 0 heterocycles. The maximum atomic E-state index is 11.6. The third-order valence-electron chi connectivity index (χ3n) is 2.73. The number of amides is 1. The maximum absolute atomic E-state index is 11.6. The van der Waals surface area contributed by atoms with Gasteiger partial charge in [0.2, 0.25) is 5.91 Å². The second-order valence-corrected chi connectivity index (χ2v) is 3.69. The summed E-state index contributed by atoms with van der Waals surface area (Å²) in [6, 6.07) is 10.4. The van der Waals surface area contributed by atoms with Crippen molar-refractivity contribution in [3.63, 3.8) is 0 Å². The minimum absolute atomic E-state index is 0.200. The van der Waals surface area contributed by atoms with Crippen LogP contribution < -0.4 is 0 Å². The Hall–Kier alpha value is -1.31. The first-order valence-electron chi connectivity index (χ1n) is 5.51. The zero-order chi connectivity index (χ0) is 11.3. The molecule has 0 spiro atoms. The quantitative estimate of drug-likeness (QED) is 0.740. The van der Waals surface area contributed by atoms with E-state index in [1.165, 1.54) is 5.56 Å². The summed E-state index contributed by atoms with van der Waals surface area (Å²) in [4.78, 5) is 13.5. The van der Waals surface area contributed by atoms with Crippen molar-refractivity contribution in [2.45, 2.75) is 32.7 Å². The Labute approximate surface area is 91.9 Å². The summed E-state index contributed by atoms with van der Waals surface area (Å²) in [6.45, 7) is 4.01. The van der Waals surface area contributed by atoms with Gasteiger partial charge in [-0.05, 0) is 12.0 Å². The van der Waals surface area contributed by atoms with Gasteiger partial charge < -0.3 is 4.90 Å². The van der Waals surface area contributed by atoms with E-state index >= 15 is 0 Å². The van der Waals surface area contributed by atoms with Crippen LogP contribution in [0.3, 0.4) is 0 Å². The molecule has 1 aromatic rings. The van der Waals surface area contributed by atoms with Crippen LogP contribution in [0.5, 0.6) is 0 Å². The lowest BCUT2D eigenvalue weighted by Crippen LogP contribution is -2.30. The van der Waals surface area contributed by atoms with Crippen LogP contribution in [0.25, 0.3) is 0 Å². The normalized spacial score (nSPS) is 12.2. The third kappa shape index (κ3) is 2.82. The molecule has 0 fully saturated rings. The van der Waals surface area contributed by atoms with Gasteiger partial charge in [-0.1, -0.05) is 44.2 Å². The van der Waals surface area contributed by atoms with Gasteiger partial charge in [0, 0.05) is 13.5 Å². The monoisotopic (exact) mass is 205 g/mol. The lowest BCUT2D eigenvalue weighted by atomic mass is 10.0. The Morgan fingerprint density at radius 3 is 2.33 bits per heavy atom. The van der Waals surface area contributed by atoms with E-state index in [1.54, 1.807) is 0 Å². The molecule has 0 aliphatic heterocycles. The van der Waals surface area contributed by atoms with Gasteiger partial charge >= 0.3 is 0 Å². The fourth-order valence-corrected chi connectivity index (χ4v) is 1.83. The van der Waals surface area contributed by atoms with Crippen LogP contribution in [0.15, 0.2) is 30.3 Å². The van der Waals surface area contributed by atoms with Gasteiger partial charge in [0.05, 0.1) is 6.04 Å². The van der Waals surface area contributed by atoms with Crippen molar-refractivity contribution in [1.82, 2.24) is 4.90 Å². The summed E-state index contributed by atoms with van der Waals surface area (Å²) in [7, 11) is 1.88. The molecule has 0 aliphatic rings. The molecule has 1 atom stereocenters. The van der Waals surface area contributed by atoms with Crippen molar-refractivity contribution in [3.05, 3.63) is 35.9 Å². The minimum atomic E-state index is 0.200. The highest BCUT2D eigenvalue weighted by atomic mass is 16.2. The van der Waals surface area contributed by atoms with Gasteiger partial charge in [-0.2, -0.15) is 0 Å². The number of nitrogens with zero attached hydrogens (tertiary/aromatic N) is 1. The number of carbonyl (C=O) groups is 1. The molecule has 1 aromatic carbocycles. The fraction of sp³-hybridized carbons (Fsp3) is 0.462. The standard InChI is InChI=1S/C13H19NO/c1-4-12(14(3)13(15)5-2)11-9-7-6-8-10-11/h6-10,12H,4-5H2,1-3H3. The smallest absolute Gasteiger partial charge is 0.222 e. The van der Waals surface area contributed by atoms with Gasteiger partial charge in [-0.3, -0.25) is 4.79 Å². The lowest BCUT2D eigenvalue weighted by molar-refractivity contribution is -0.131. The highest BCUT2D eigenvalue weighted by Gasteiger charge is 2.17. The Morgan fingerprint density at radius 1 is 1.27 bits per heavy atom. The highest BCUT2D eigenvalue weighted by Crippen LogP contribution is 2.22. The molecule has 0 aromatic heterocycles. The van der Waals surface area contributed by atoms with Crippen LogP contribution in [0, 0.1) is 0 Å². The first-order chi connectivity index (χ1) is 7.20. The van der Waals surface area contributed by atoms with Crippen LogP contribution in [0.4, 0.5) is 0 Å². The second kappa shape index (κ2) is 5.54. The molecule has 0 aliphatic carbocycles. The van der Waals surface area contributed by atoms with Crippen LogP contribution in [0.1, 0.15) is 38.3 Å². The maximum Gasteiger partial charge on any atom is 0.222 e. The Balaban J connectivity index is 2.85. The van der Waals surface area contributed by atoms with Gasteiger partial charge in [0.1, 0.15) is 0 Å². The predicted octanol–water partition coefficient (Wildman–Crippen LogP) is 3.01. The van der Waals surface area contributed by atoms with Crippen molar-refractivity contribution < 1.29 is 4.79 Å². The van der Waals surface area contributed by atoms with Crippen molar-refractivity contribution in [1.29, 1.82) is 0 Å². The first kappa shape index (κ1) is 11.8. The van der Waals surface area contributed by atoms with Gasteiger partial charge in [-0.15, -0.1) is 0 Å². The van der Waals surface area contributed by atoms with Crippen LogP contribution in [-0.2, 0) is 4.79 Å². The number of rotatable bonds is 4. The van der Waals surface area contributed by atoms with Gasteiger partial charge in [-0.25, -0.2) is 0 Å². The third-order valence-corrected chi connectivity index (χ3v) is 2.73. The number of carbonyl (C=O) groups excluding carboxylic acids is 1. The van der Waals surface area contributed by atoms with E-state index in [0.717, 1.165) is 6.42 Å². The van der Waals surface area contributed by atoms with E-state index in [-0.39, 0.29) is 11.9 Å². The topological polar surface area (TPSA) is 20.3 Å². The average molecular weight is 205 g/mol. The van der Waals surface area contributed by atoms with Crippen LogP contribution in [-0.4, -0.2) is 17.9 Å². The Morgan fingerprint density at radius 2 is 1.87 bits per heavy atom. The number of hydrogen-bond donors (Lipinski definition) is 0. The molecule has 1 rings (SSSR count). The van der Waals surface area contributed by atoms with E-state index < -0.39 is 0 Å². The summed E-state index contributed by atoms with van der Waals surface area (Å²) in [5.41, 5.74) is 1.21. The molecule has 15 heavy (non-hydrogen) atoms. The molecule has 0 radical (unpaired) electrons. The van der Waals surface area contributed by atoms with Gasteiger partial charge in [0.15, 0.2) is 0 Å². The van der Waals surface area contributed by atoms with Crippen LogP contribution >= 0.6 is 0 Å². The Kier molecular flexibility index (Phi) is 4.35. The molecular weight excluding hydrogens is 186 g/mol. The minimum Gasteiger partial charge on any atom is -0.339 e. The number of hydrogen-bond acceptors (Lipinski definition) is 1. The second-order valence-electron chi connectivity index (χ2n) is 3.69. The SMILES string of the molecule is CCC(=O)N(C)C(CC)c1ccccc1. The molecule has 2 heteroatoms. The van der Waals surface area contributed by atoms with E-state index in [1.807, 2.05) is 37.1 Å². The predicted molar refractivity (Wildman–Crippen MR) is 62.5 cm³/mol. The van der Waals surface area contributed by atoms with E-state index in [2.05, 4.69) is 19.1 Å². The van der Waals surface area contributed by atoms with Crippen molar-refractivity contribution in [2.75, 3.05) is 7.05 Å². The van der Waals surface area contributed by atoms with E-state index in [0.29, 0.717) is 6.42 Å². The summed E-state index contributed by atoms with van der Waals surface area (Å²) in [6.07, 6.45) is 1.52. The molecule has 82 valence electrons. The highest BCUT2D eigenvalue weighted by molar-refractivity contribution is 5.76. The van der Waals surface area contributed by atoms with E-state index in [9.17, 15) is 4.79 Å². The molecule has 2 nitrogen and oxygen atoms in total. The molecule has 0 saturated carbocycles. The summed E-state index contributed by atoms with van der Waals surface area (Å²) < 4.78 is 0. The average Bonchev–Trinajstić information content (AvgIpc) is 2.30. The summed E-state index contributed by atoms with van der Waals surface area (Å²) in [5.74, 6) is 0.200. The largest absolute Gasteiger partial charge is 0.339 e. The molecule has 0 bridgehead atoms. The van der Waals surface area contributed by atoms with Crippen molar-refractivity contribution in [3.8, 4) is 0 Å². The summed E-state index contributed by atoms with van der Waals surface area (Å²) in [5, 5.41) is 0. The molecular formula is C13H19NO. The lowest BCUT2D eigenvalue weighted by Gasteiger charge is -2.27. The van der Waals surface area contributed by atoms with Crippen LogP contribution in [0.2, 0.25) is 0 Å². The summed E-state index contributed by atoms with van der Waals surface area (Å²) >= 11 is 0. The fourth-order valence-electron chi connectivity index (χ4n) is 1.83. The number of benzene rings is 1. The van der Waals surface area contributed by atoms with Gasteiger partial charge in [0.25, 0.3) is 0 Å². The zero-order valence-electron chi connectivity index (χ0n) is 9.73. The Bertz CT molecular complexity index is 308.